The second-order valence-corrected chi connectivity index (χ2v) is 8.13. The maximum absolute atomic E-state index is 13.4. The largest absolute Gasteiger partial charge is 0.494 e. The second kappa shape index (κ2) is 9.96. The van der Waals surface area contributed by atoms with Crippen LogP contribution in [0.4, 0.5) is 13.2 Å². The van der Waals surface area contributed by atoms with Crippen molar-refractivity contribution in [2.45, 2.75) is 45.4 Å². The minimum Gasteiger partial charge on any atom is -0.494 e. The van der Waals surface area contributed by atoms with Crippen molar-refractivity contribution >= 4 is 0 Å². The molecule has 0 amide bonds. The molecular weight excluding hydrogens is 409 g/mol. The zero-order valence-electron chi connectivity index (χ0n) is 18.1. The highest BCUT2D eigenvalue weighted by Crippen LogP contribution is 2.38. The second-order valence-electron chi connectivity index (χ2n) is 8.13. The zero-order chi connectivity index (χ0) is 22.5. The van der Waals surface area contributed by atoms with Crippen molar-refractivity contribution in [3.05, 3.63) is 88.2 Å². The summed E-state index contributed by atoms with van der Waals surface area (Å²) >= 11 is 0. The summed E-state index contributed by atoms with van der Waals surface area (Å²) in [7, 11) is 0. The van der Waals surface area contributed by atoms with Gasteiger partial charge in [-0.2, -0.15) is 0 Å². The van der Waals surface area contributed by atoms with Gasteiger partial charge in [0, 0.05) is 11.1 Å². The molecule has 0 aliphatic heterocycles. The van der Waals surface area contributed by atoms with Gasteiger partial charge in [-0.25, -0.2) is 13.2 Å². The predicted octanol–water partition coefficient (Wildman–Crippen LogP) is 7.42. The van der Waals surface area contributed by atoms with Crippen molar-refractivity contribution in [2.75, 3.05) is 6.61 Å². The molecule has 1 aliphatic carbocycles. The van der Waals surface area contributed by atoms with E-state index in [0.29, 0.717) is 0 Å². The molecule has 0 unspecified atom stereocenters. The fourth-order valence-corrected chi connectivity index (χ4v) is 4.02. The Balaban J connectivity index is 1.43. The normalized spacial score (nSPS) is 11.5. The van der Waals surface area contributed by atoms with E-state index in [1.807, 2.05) is 24.3 Å². The van der Waals surface area contributed by atoms with Crippen molar-refractivity contribution in [2.24, 2.45) is 0 Å². The first kappa shape index (κ1) is 22.0. The van der Waals surface area contributed by atoms with Crippen LogP contribution in [0.25, 0.3) is 11.1 Å². The number of fused-ring (bicyclic) bond motifs is 3. The Hall–Kier alpha value is -3.19. The SMILES string of the molecule is CCCCCCCOc1ccc2c(c1)Cc1cc(C#Cc3cc(F)c(F)c(F)c3)ccc1-2. The Bertz CT molecular complexity index is 1160. The quantitative estimate of drug-likeness (QED) is 0.167. The van der Waals surface area contributed by atoms with Crippen LogP contribution >= 0.6 is 0 Å². The molecule has 0 heterocycles. The molecule has 0 saturated heterocycles. The molecule has 0 bridgehead atoms. The van der Waals surface area contributed by atoms with Crippen LogP contribution in [0.2, 0.25) is 0 Å². The molecular formula is C28H25F3O. The molecule has 3 aromatic rings. The van der Waals surface area contributed by atoms with E-state index in [4.69, 9.17) is 4.74 Å². The zero-order valence-corrected chi connectivity index (χ0v) is 18.1. The van der Waals surface area contributed by atoms with E-state index in [2.05, 4.69) is 30.9 Å². The average molecular weight is 435 g/mol. The van der Waals surface area contributed by atoms with Crippen molar-refractivity contribution < 1.29 is 17.9 Å². The van der Waals surface area contributed by atoms with Crippen LogP contribution in [0.1, 0.15) is 61.3 Å². The summed E-state index contributed by atoms with van der Waals surface area (Å²) in [5, 5.41) is 0. The van der Waals surface area contributed by atoms with E-state index in [1.165, 1.54) is 36.8 Å². The number of unbranched alkanes of at least 4 members (excludes halogenated alkanes) is 4. The van der Waals surface area contributed by atoms with Crippen LogP contribution in [0.3, 0.4) is 0 Å². The lowest BCUT2D eigenvalue weighted by Crippen LogP contribution is -1.97. The van der Waals surface area contributed by atoms with Crippen LogP contribution in [-0.2, 0) is 6.42 Å². The molecule has 3 aromatic carbocycles. The maximum Gasteiger partial charge on any atom is 0.194 e. The minimum absolute atomic E-state index is 0.0988. The Morgan fingerprint density at radius 3 is 2.16 bits per heavy atom. The summed E-state index contributed by atoms with van der Waals surface area (Å²) in [6, 6.07) is 13.9. The van der Waals surface area contributed by atoms with Gasteiger partial charge in [0.05, 0.1) is 6.61 Å². The van der Waals surface area contributed by atoms with Gasteiger partial charge in [0.15, 0.2) is 17.5 Å². The Morgan fingerprint density at radius 2 is 1.41 bits per heavy atom. The standard InChI is InChI=1S/C28H25F3O/c1-2-3-4-5-6-13-32-23-10-12-25-22(18-23)17-21-14-19(9-11-24(21)25)7-8-20-15-26(29)28(31)27(30)16-20/h9-12,14-16,18H,2-6,13,17H2,1H3. The van der Waals surface area contributed by atoms with Crippen LogP contribution in [-0.4, -0.2) is 6.61 Å². The Labute approximate surface area is 187 Å². The number of hydrogen-bond acceptors (Lipinski definition) is 1. The molecule has 0 saturated carbocycles. The van der Waals surface area contributed by atoms with Crippen LogP contribution in [0.15, 0.2) is 48.5 Å². The van der Waals surface area contributed by atoms with Crippen molar-refractivity contribution in [1.82, 2.24) is 0 Å². The summed E-state index contributed by atoms with van der Waals surface area (Å²) in [5.74, 6) is 2.58. The number of halogens is 3. The van der Waals surface area contributed by atoms with Crippen molar-refractivity contribution in [3.8, 4) is 28.7 Å². The molecule has 0 aromatic heterocycles. The number of hydrogen-bond donors (Lipinski definition) is 0. The topological polar surface area (TPSA) is 9.23 Å². The van der Waals surface area contributed by atoms with E-state index < -0.39 is 17.5 Å². The molecule has 4 rings (SSSR count). The molecule has 4 heteroatoms. The van der Waals surface area contributed by atoms with Gasteiger partial charge in [0.2, 0.25) is 0 Å². The van der Waals surface area contributed by atoms with Gasteiger partial charge >= 0.3 is 0 Å². The number of benzene rings is 3. The predicted molar refractivity (Wildman–Crippen MR) is 121 cm³/mol. The third kappa shape index (κ3) is 4.99. The van der Waals surface area contributed by atoms with E-state index in [-0.39, 0.29) is 5.56 Å². The molecule has 0 N–H and O–H groups in total. The first-order valence-corrected chi connectivity index (χ1v) is 11.1. The summed E-state index contributed by atoms with van der Waals surface area (Å²) in [4.78, 5) is 0. The van der Waals surface area contributed by atoms with Gasteiger partial charge in [0.1, 0.15) is 5.75 Å². The number of ether oxygens (including phenoxy) is 1. The lowest BCUT2D eigenvalue weighted by atomic mass is 10.0. The van der Waals surface area contributed by atoms with Gasteiger partial charge < -0.3 is 4.74 Å². The lowest BCUT2D eigenvalue weighted by Gasteiger charge is -2.08. The smallest absolute Gasteiger partial charge is 0.194 e. The first-order chi connectivity index (χ1) is 15.5. The Kier molecular flexibility index (Phi) is 6.85. The van der Waals surface area contributed by atoms with Gasteiger partial charge in [-0.05, 0) is 71.5 Å². The summed E-state index contributed by atoms with van der Waals surface area (Å²) in [6.07, 6.45) is 6.83. The summed E-state index contributed by atoms with van der Waals surface area (Å²) in [6.45, 7) is 2.95. The molecule has 32 heavy (non-hydrogen) atoms. The molecule has 0 fully saturated rings. The van der Waals surface area contributed by atoms with E-state index in [0.717, 1.165) is 54.0 Å². The van der Waals surface area contributed by atoms with Gasteiger partial charge in [-0.15, -0.1) is 0 Å². The fourth-order valence-electron chi connectivity index (χ4n) is 4.02. The van der Waals surface area contributed by atoms with Crippen molar-refractivity contribution in [3.63, 3.8) is 0 Å². The highest BCUT2D eigenvalue weighted by Gasteiger charge is 2.19. The highest BCUT2D eigenvalue weighted by molar-refractivity contribution is 5.78. The maximum atomic E-state index is 13.4. The summed E-state index contributed by atoms with van der Waals surface area (Å²) < 4.78 is 45.8. The monoisotopic (exact) mass is 434 g/mol. The van der Waals surface area contributed by atoms with Crippen molar-refractivity contribution in [1.29, 1.82) is 0 Å². The lowest BCUT2D eigenvalue weighted by molar-refractivity contribution is 0.304. The van der Waals surface area contributed by atoms with E-state index >= 15 is 0 Å². The molecule has 164 valence electrons. The Morgan fingerprint density at radius 1 is 0.750 bits per heavy atom. The third-order valence-electron chi connectivity index (χ3n) is 5.70. The highest BCUT2D eigenvalue weighted by atomic mass is 19.2. The van der Waals surface area contributed by atoms with Crippen LogP contribution in [0.5, 0.6) is 5.75 Å². The van der Waals surface area contributed by atoms with E-state index in [9.17, 15) is 13.2 Å². The fraction of sp³-hybridized carbons (Fsp3) is 0.286. The van der Waals surface area contributed by atoms with Gasteiger partial charge in [0.25, 0.3) is 0 Å². The molecule has 1 nitrogen and oxygen atoms in total. The summed E-state index contributed by atoms with van der Waals surface area (Å²) in [5.41, 5.74) is 5.57. The average Bonchev–Trinajstić information content (AvgIpc) is 3.15. The van der Waals surface area contributed by atoms with Crippen LogP contribution in [0, 0.1) is 29.3 Å². The molecule has 0 radical (unpaired) electrons. The van der Waals surface area contributed by atoms with Gasteiger partial charge in [-0.3, -0.25) is 0 Å². The number of rotatable bonds is 7. The molecule has 0 spiro atoms. The third-order valence-corrected chi connectivity index (χ3v) is 5.70. The molecule has 0 atom stereocenters. The minimum atomic E-state index is -1.48. The van der Waals surface area contributed by atoms with Gasteiger partial charge in [-0.1, -0.05) is 56.6 Å². The van der Waals surface area contributed by atoms with E-state index in [1.54, 1.807) is 0 Å². The molecule has 1 aliphatic rings. The first-order valence-electron chi connectivity index (χ1n) is 11.1. The van der Waals surface area contributed by atoms with Crippen LogP contribution < -0.4 is 4.74 Å².